The fraction of sp³-hybridized carbons (Fsp3) is 0.286. The molecule has 0 unspecified atom stereocenters. The highest BCUT2D eigenvalue weighted by Gasteiger charge is 2.18. The van der Waals surface area contributed by atoms with Crippen LogP contribution in [0, 0.1) is 5.82 Å². The smallest absolute Gasteiger partial charge is 0.356 e. The van der Waals surface area contributed by atoms with E-state index in [1.165, 1.54) is 25.3 Å². The summed E-state index contributed by atoms with van der Waals surface area (Å²) in [5.41, 5.74) is 0.394. The number of halogens is 2. The summed E-state index contributed by atoms with van der Waals surface area (Å²) in [6.45, 7) is 3.64. The molecule has 0 saturated heterocycles. The molecule has 2 aromatic rings. The molecule has 0 N–H and O–H groups in total. The molecule has 1 aromatic carbocycles. The normalized spacial score (nSPS) is 10.9. The van der Waals surface area contributed by atoms with Gasteiger partial charge in [0.05, 0.1) is 24.1 Å². The average Bonchev–Trinajstić information content (AvgIpc) is 2.41. The lowest BCUT2D eigenvalue weighted by molar-refractivity contribution is 0.0593. The standard InChI is InChI=1S/C14H13BrFNO3/c1-7(2)20-11-6-10(14(18)19-3)17-13-8(15)4-5-9(16)12(11)13/h4-7H,1-3H3. The van der Waals surface area contributed by atoms with Crippen LogP contribution in [0.5, 0.6) is 5.75 Å². The monoisotopic (exact) mass is 341 g/mol. The van der Waals surface area contributed by atoms with Crippen LogP contribution in [0.25, 0.3) is 10.9 Å². The zero-order valence-electron chi connectivity index (χ0n) is 11.2. The Bertz CT molecular complexity index is 673. The van der Waals surface area contributed by atoms with Crippen molar-refractivity contribution in [1.82, 2.24) is 4.98 Å². The SMILES string of the molecule is COC(=O)c1cc(OC(C)C)c2c(F)ccc(Br)c2n1. The molecule has 106 valence electrons. The van der Waals surface area contributed by atoms with E-state index in [9.17, 15) is 9.18 Å². The van der Waals surface area contributed by atoms with Crippen LogP contribution in [0.1, 0.15) is 24.3 Å². The molecule has 1 aromatic heterocycles. The number of methoxy groups -OCH3 is 1. The average molecular weight is 342 g/mol. The van der Waals surface area contributed by atoms with Crippen molar-refractivity contribution in [3.8, 4) is 5.75 Å². The molecule has 20 heavy (non-hydrogen) atoms. The number of pyridine rings is 1. The first kappa shape index (κ1) is 14.7. The van der Waals surface area contributed by atoms with Gasteiger partial charge in [0.25, 0.3) is 0 Å². The summed E-state index contributed by atoms with van der Waals surface area (Å²) in [5.74, 6) is -0.788. The summed E-state index contributed by atoms with van der Waals surface area (Å²) in [6.07, 6.45) is -0.163. The maximum atomic E-state index is 14.0. The van der Waals surface area contributed by atoms with E-state index in [0.29, 0.717) is 9.99 Å². The van der Waals surface area contributed by atoms with Crippen LogP contribution < -0.4 is 4.74 Å². The van der Waals surface area contributed by atoms with Crippen LogP contribution in [-0.4, -0.2) is 24.2 Å². The molecule has 6 heteroatoms. The van der Waals surface area contributed by atoms with Gasteiger partial charge < -0.3 is 9.47 Å². The summed E-state index contributed by atoms with van der Waals surface area (Å²) in [7, 11) is 1.26. The van der Waals surface area contributed by atoms with Gasteiger partial charge in [-0.25, -0.2) is 14.2 Å². The lowest BCUT2D eigenvalue weighted by Gasteiger charge is -2.14. The van der Waals surface area contributed by atoms with Gasteiger partial charge in [0.2, 0.25) is 0 Å². The Morgan fingerprint density at radius 3 is 2.70 bits per heavy atom. The van der Waals surface area contributed by atoms with Gasteiger partial charge in [-0.05, 0) is 41.9 Å². The van der Waals surface area contributed by atoms with Crippen molar-refractivity contribution >= 4 is 32.8 Å². The number of nitrogens with zero attached hydrogens (tertiary/aromatic N) is 1. The van der Waals surface area contributed by atoms with Crippen LogP contribution in [0.15, 0.2) is 22.7 Å². The number of esters is 1. The highest BCUT2D eigenvalue weighted by atomic mass is 79.9. The quantitative estimate of drug-likeness (QED) is 0.798. The molecule has 0 atom stereocenters. The maximum absolute atomic E-state index is 14.0. The number of ether oxygens (including phenoxy) is 2. The minimum Gasteiger partial charge on any atom is -0.490 e. The predicted molar refractivity (Wildman–Crippen MR) is 76.5 cm³/mol. The van der Waals surface area contributed by atoms with Crippen molar-refractivity contribution in [3.05, 3.63) is 34.2 Å². The number of benzene rings is 1. The van der Waals surface area contributed by atoms with Crippen molar-refractivity contribution in [3.63, 3.8) is 0 Å². The Morgan fingerprint density at radius 1 is 1.40 bits per heavy atom. The van der Waals surface area contributed by atoms with Crippen molar-refractivity contribution in [1.29, 1.82) is 0 Å². The van der Waals surface area contributed by atoms with Crippen LogP contribution in [0.2, 0.25) is 0 Å². The van der Waals surface area contributed by atoms with E-state index in [1.807, 2.05) is 13.8 Å². The molecule has 0 spiro atoms. The number of rotatable bonds is 3. The van der Waals surface area contributed by atoms with Crippen LogP contribution in [0.4, 0.5) is 4.39 Å². The Balaban J connectivity index is 2.77. The molecule has 0 radical (unpaired) electrons. The van der Waals surface area contributed by atoms with Crippen molar-refractivity contribution < 1.29 is 18.7 Å². The molecule has 1 heterocycles. The lowest BCUT2D eigenvalue weighted by Crippen LogP contribution is -2.10. The van der Waals surface area contributed by atoms with Crippen molar-refractivity contribution in [2.45, 2.75) is 20.0 Å². The van der Waals surface area contributed by atoms with Crippen LogP contribution in [0.3, 0.4) is 0 Å². The van der Waals surface area contributed by atoms with E-state index in [-0.39, 0.29) is 22.9 Å². The van der Waals surface area contributed by atoms with Gasteiger partial charge in [-0.15, -0.1) is 0 Å². The van der Waals surface area contributed by atoms with Gasteiger partial charge in [0, 0.05) is 10.5 Å². The minimum atomic E-state index is -0.600. The topological polar surface area (TPSA) is 48.4 Å². The second-order valence-corrected chi connectivity index (χ2v) is 5.27. The first-order valence-electron chi connectivity index (χ1n) is 5.97. The van der Waals surface area contributed by atoms with Gasteiger partial charge in [0.15, 0.2) is 5.69 Å². The van der Waals surface area contributed by atoms with Crippen LogP contribution in [-0.2, 0) is 4.74 Å². The molecule has 0 fully saturated rings. The highest BCUT2D eigenvalue weighted by Crippen LogP contribution is 2.33. The van der Waals surface area contributed by atoms with Crippen molar-refractivity contribution in [2.75, 3.05) is 7.11 Å². The third-order valence-electron chi connectivity index (χ3n) is 2.58. The molecule has 4 nitrogen and oxygen atoms in total. The van der Waals surface area contributed by atoms with E-state index in [2.05, 4.69) is 25.7 Å². The van der Waals surface area contributed by atoms with E-state index >= 15 is 0 Å². The molecule has 0 aliphatic rings. The van der Waals surface area contributed by atoms with E-state index in [4.69, 9.17) is 4.74 Å². The molecule has 0 bridgehead atoms. The summed E-state index contributed by atoms with van der Waals surface area (Å²) in [4.78, 5) is 15.8. The predicted octanol–water partition coefficient (Wildman–Crippen LogP) is 3.71. The zero-order chi connectivity index (χ0) is 14.9. The summed E-state index contributed by atoms with van der Waals surface area (Å²) >= 11 is 3.30. The van der Waals surface area contributed by atoms with Crippen LogP contribution >= 0.6 is 15.9 Å². The van der Waals surface area contributed by atoms with Gasteiger partial charge in [0.1, 0.15) is 11.6 Å². The number of fused-ring (bicyclic) bond motifs is 1. The van der Waals surface area contributed by atoms with Gasteiger partial charge in [-0.3, -0.25) is 0 Å². The Kier molecular flexibility index (Phi) is 4.23. The molecular formula is C14H13BrFNO3. The highest BCUT2D eigenvalue weighted by molar-refractivity contribution is 9.10. The van der Waals surface area contributed by atoms with E-state index < -0.39 is 11.8 Å². The number of hydrogen-bond donors (Lipinski definition) is 0. The van der Waals surface area contributed by atoms with Gasteiger partial charge in [-0.2, -0.15) is 0 Å². The van der Waals surface area contributed by atoms with Gasteiger partial charge >= 0.3 is 5.97 Å². The molecular weight excluding hydrogens is 329 g/mol. The molecule has 0 aliphatic carbocycles. The second-order valence-electron chi connectivity index (χ2n) is 4.42. The number of aromatic nitrogens is 1. The zero-order valence-corrected chi connectivity index (χ0v) is 12.8. The Hall–Kier alpha value is -1.69. The molecule has 0 saturated carbocycles. The fourth-order valence-electron chi connectivity index (χ4n) is 1.79. The first-order chi connectivity index (χ1) is 9.43. The first-order valence-corrected chi connectivity index (χ1v) is 6.77. The van der Waals surface area contributed by atoms with Crippen molar-refractivity contribution in [2.24, 2.45) is 0 Å². The second kappa shape index (κ2) is 5.75. The Morgan fingerprint density at radius 2 is 2.10 bits per heavy atom. The third-order valence-corrected chi connectivity index (χ3v) is 3.22. The lowest BCUT2D eigenvalue weighted by atomic mass is 10.1. The summed E-state index contributed by atoms with van der Waals surface area (Å²) < 4.78 is 24.9. The largest absolute Gasteiger partial charge is 0.490 e. The number of hydrogen-bond acceptors (Lipinski definition) is 4. The minimum absolute atomic E-state index is 0.0713. The molecule has 2 rings (SSSR count). The fourth-order valence-corrected chi connectivity index (χ4v) is 2.21. The van der Waals surface area contributed by atoms with E-state index in [0.717, 1.165) is 0 Å². The maximum Gasteiger partial charge on any atom is 0.356 e. The summed E-state index contributed by atoms with van der Waals surface area (Å²) in [5, 5.41) is 0.237. The van der Waals surface area contributed by atoms with E-state index in [1.54, 1.807) is 0 Å². The number of carbonyl (C=O) groups excluding carboxylic acids is 1. The molecule has 0 aliphatic heterocycles. The number of carbonyl (C=O) groups is 1. The molecule has 0 amide bonds. The Labute approximate surface area is 124 Å². The van der Waals surface area contributed by atoms with Gasteiger partial charge in [-0.1, -0.05) is 0 Å². The summed E-state index contributed by atoms with van der Waals surface area (Å²) in [6, 6.07) is 4.24. The third kappa shape index (κ3) is 2.75.